The average molecular weight is 512 g/mol. The molecular weight excluding hydrogens is 486 g/mol. The van der Waals surface area contributed by atoms with Gasteiger partial charge in [0.05, 0.1) is 19.5 Å². The van der Waals surface area contributed by atoms with Crippen LogP contribution in [-0.4, -0.2) is 67.7 Å². The largest absolute Gasteiger partial charge is 0.479 e. The lowest BCUT2D eigenvalue weighted by Gasteiger charge is -2.19. The molecule has 0 saturated heterocycles. The van der Waals surface area contributed by atoms with E-state index in [-0.39, 0.29) is 29.1 Å². The topological polar surface area (TPSA) is 155 Å². The van der Waals surface area contributed by atoms with E-state index in [9.17, 15) is 13.5 Å². The number of nitrogens with zero attached hydrogens (tertiary/aromatic N) is 7. The maximum absolute atomic E-state index is 13.4. The molecule has 0 spiro atoms. The molecule has 3 aromatic heterocycles. The molecule has 0 amide bonds. The van der Waals surface area contributed by atoms with E-state index in [1.807, 2.05) is 30.3 Å². The monoisotopic (exact) mass is 511 g/mol. The molecular formula is C23H25N7O5S. The molecule has 0 fully saturated rings. The molecule has 4 rings (SSSR count). The van der Waals surface area contributed by atoms with Crippen LogP contribution in [0.5, 0.6) is 11.8 Å². The highest BCUT2D eigenvalue weighted by Crippen LogP contribution is 2.34. The summed E-state index contributed by atoms with van der Waals surface area (Å²) in [5.41, 5.74) is 1.70. The molecule has 2 atom stereocenters. The second kappa shape index (κ2) is 10.3. The highest BCUT2D eigenvalue weighted by Gasteiger charge is 2.34. The van der Waals surface area contributed by atoms with Gasteiger partial charge in [-0.25, -0.2) is 18.4 Å². The first-order chi connectivity index (χ1) is 17.3. The summed E-state index contributed by atoms with van der Waals surface area (Å²) < 4.78 is 39.2. The predicted molar refractivity (Wildman–Crippen MR) is 129 cm³/mol. The van der Waals surface area contributed by atoms with E-state index in [1.165, 1.54) is 44.4 Å². The van der Waals surface area contributed by atoms with Gasteiger partial charge in [0.15, 0.2) is 33.0 Å². The van der Waals surface area contributed by atoms with Crippen molar-refractivity contribution in [1.82, 2.24) is 34.7 Å². The van der Waals surface area contributed by atoms with Gasteiger partial charge in [-0.2, -0.15) is 9.97 Å². The molecule has 0 unspecified atom stereocenters. The smallest absolute Gasteiger partial charge is 0.245 e. The second-order valence-electron chi connectivity index (χ2n) is 7.96. The van der Waals surface area contributed by atoms with Gasteiger partial charge in [-0.15, -0.1) is 10.2 Å². The van der Waals surface area contributed by atoms with Crippen LogP contribution < -0.4 is 9.47 Å². The zero-order valence-electron chi connectivity index (χ0n) is 20.1. The van der Waals surface area contributed by atoms with Crippen LogP contribution in [0.4, 0.5) is 0 Å². The summed E-state index contributed by atoms with van der Waals surface area (Å²) in [6.45, 7) is 3.19. The number of hydrogen-bond donors (Lipinski definition) is 1. The summed E-state index contributed by atoms with van der Waals surface area (Å²) in [7, 11) is -1.14. The van der Waals surface area contributed by atoms with Gasteiger partial charge in [-0.3, -0.25) is 4.57 Å². The minimum absolute atomic E-state index is 0.0166. The van der Waals surface area contributed by atoms with E-state index in [4.69, 9.17) is 9.47 Å². The first-order valence-corrected chi connectivity index (χ1v) is 12.6. The Morgan fingerprint density at radius 1 is 0.972 bits per heavy atom. The van der Waals surface area contributed by atoms with Gasteiger partial charge in [0.25, 0.3) is 0 Å². The van der Waals surface area contributed by atoms with E-state index in [0.29, 0.717) is 11.4 Å². The van der Waals surface area contributed by atoms with Crippen molar-refractivity contribution in [2.45, 2.75) is 31.0 Å². The Balaban J connectivity index is 1.81. The molecule has 13 heteroatoms. The molecule has 0 saturated carbocycles. The lowest BCUT2D eigenvalue weighted by Crippen LogP contribution is -2.29. The van der Waals surface area contributed by atoms with Gasteiger partial charge in [-0.05, 0) is 19.4 Å². The molecule has 12 nitrogen and oxygen atoms in total. The quantitative estimate of drug-likeness (QED) is 0.350. The van der Waals surface area contributed by atoms with Crippen molar-refractivity contribution >= 4 is 9.84 Å². The van der Waals surface area contributed by atoms with Gasteiger partial charge in [0.2, 0.25) is 11.8 Å². The summed E-state index contributed by atoms with van der Waals surface area (Å²) in [6, 6.07) is 9.10. The molecule has 3 heterocycles. The molecule has 4 aromatic rings. The zero-order chi connectivity index (χ0) is 25.9. The fraction of sp³-hybridized carbons (Fsp3) is 0.304. The fourth-order valence-electron chi connectivity index (χ4n) is 3.53. The van der Waals surface area contributed by atoms with Crippen LogP contribution in [0.15, 0.2) is 49.1 Å². The third-order valence-corrected chi connectivity index (χ3v) is 7.59. The first-order valence-electron chi connectivity index (χ1n) is 10.9. The van der Waals surface area contributed by atoms with Crippen molar-refractivity contribution in [2.24, 2.45) is 0 Å². The molecule has 1 N–H and O–H groups in total. The average Bonchev–Trinajstić information content (AvgIpc) is 3.30. The second-order valence-corrected chi connectivity index (χ2v) is 10.3. The number of benzene rings is 1. The number of methoxy groups -OCH3 is 2. The maximum Gasteiger partial charge on any atom is 0.245 e. The number of aliphatic hydroxyl groups excluding tert-OH is 1. The predicted octanol–water partition coefficient (Wildman–Crippen LogP) is 1.88. The van der Waals surface area contributed by atoms with Gasteiger partial charge < -0.3 is 14.6 Å². The molecule has 0 aliphatic rings. The Kier molecular flexibility index (Phi) is 7.22. The van der Waals surface area contributed by atoms with Crippen molar-refractivity contribution in [2.75, 3.05) is 14.2 Å². The standard InChI is InChI=1S/C23H25N7O5S/c1-14-10-24-20(25-11-14)19(31)15(2)36(32,33)12-17-28-29-21(16-8-6-5-7-9-16)30(17)18-22(34-3)26-13-27-23(18)35-4/h5-11,13,15,19,31H,12H2,1-4H3/t15-,19-/m0/s1. The molecule has 0 aliphatic carbocycles. The van der Waals surface area contributed by atoms with Crippen LogP contribution in [0, 0.1) is 6.92 Å². The third-order valence-electron chi connectivity index (χ3n) is 5.53. The molecule has 0 bridgehead atoms. The van der Waals surface area contributed by atoms with E-state index < -0.39 is 26.9 Å². The molecule has 0 radical (unpaired) electrons. The number of rotatable bonds is 9. The summed E-state index contributed by atoms with van der Waals surface area (Å²) in [4.78, 5) is 16.4. The molecule has 0 aliphatic heterocycles. The van der Waals surface area contributed by atoms with Crippen molar-refractivity contribution < 1.29 is 23.0 Å². The first kappa shape index (κ1) is 25.1. The Labute approximate surface area is 208 Å². The van der Waals surface area contributed by atoms with Crippen molar-refractivity contribution in [3.8, 4) is 28.8 Å². The maximum atomic E-state index is 13.4. The number of ether oxygens (including phenoxy) is 2. The van der Waals surface area contributed by atoms with Gasteiger partial charge in [-0.1, -0.05) is 30.3 Å². The Morgan fingerprint density at radius 2 is 1.58 bits per heavy atom. The van der Waals surface area contributed by atoms with Gasteiger partial charge in [0, 0.05) is 18.0 Å². The van der Waals surface area contributed by atoms with Crippen LogP contribution in [0.2, 0.25) is 0 Å². The van der Waals surface area contributed by atoms with E-state index in [0.717, 1.165) is 5.56 Å². The van der Waals surface area contributed by atoms with Crippen molar-refractivity contribution in [1.29, 1.82) is 0 Å². The van der Waals surface area contributed by atoms with Crippen LogP contribution in [0.3, 0.4) is 0 Å². The minimum atomic E-state index is -3.99. The summed E-state index contributed by atoms with van der Waals surface area (Å²) >= 11 is 0. The molecule has 36 heavy (non-hydrogen) atoms. The third kappa shape index (κ3) is 4.88. The molecule has 1 aromatic carbocycles. The van der Waals surface area contributed by atoms with Gasteiger partial charge in [0.1, 0.15) is 18.2 Å². The zero-order valence-corrected chi connectivity index (χ0v) is 20.9. The Morgan fingerprint density at radius 3 is 2.17 bits per heavy atom. The highest BCUT2D eigenvalue weighted by molar-refractivity contribution is 7.91. The van der Waals surface area contributed by atoms with Crippen LogP contribution in [0.25, 0.3) is 17.1 Å². The lowest BCUT2D eigenvalue weighted by atomic mass is 10.2. The van der Waals surface area contributed by atoms with E-state index in [2.05, 4.69) is 30.1 Å². The van der Waals surface area contributed by atoms with Crippen LogP contribution in [-0.2, 0) is 15.6 Å². The number of aryl methyl sites for hydroxylation is 1. The Bertz CT molecular complexity index is 1420. The van der Waals surface area contributed by atoms with Crippen LogP contribution >= 0.6 is 0 Å². The minimum Gasteiger partial charge on any atom is -0.479 e. The number of aliphatic hydroxyl groups is 1. The number of hydrogen-bond acceptors (Lipinski definition) is 11. The Hall–Kier alpha value is -3.97. The fourth-order valence-corrected chi connectivity index (χ4v) is 4.85. The summed E-state index contributed by atoms with van der Waals surface area (Å²) in [6.07, 6.45) is 2.86. The van der Waals surface area contributed by atoms with E-state index in [1.54, 1.807) is 6.92 Å². The normalized spacial score (nSPS) is 13.2. The van der Waals surface area contributed by atoms with Crippen LogP contribution in [0.1, 0.15) is 30.2 Å². The lowest BCUT2D eigenvalue weighted by molar-refractivity contribution is 0.166. The molecule has 188 valence electrons. The highest BCUT2D eigenvalue weighted by atomic mass is 32.2. The van der Waals surface area contributed by atoms with E-state index >= 15 is 0 Å². The van der Waals surface area contributed by atoms with Crippen molar-refractivity contribution in [3.63, 3.8) is 0 Å². The van der Waals surface area contributed by atoms with Gasteiger partial charge >= 0.3 is 0 Å². The number of aromatic nitrogens is 7. The number of sulfone groups is 1. The summed E-state index contributed by atoms with van der Waals surface area (Å²) in [5.74, 6) is 0.129. The van der Waals surface area contributed by atoms with Crippen molar-refractivity contribution in [3.05, 3.63) is 66.3 Å². The SMILES string of the molecule is COc1ncnc(OC)c1-n1c(CS(=O)(=O)[C@@H](C)[C@H](O)c2ncc(C)cn2)nnc1-c1ccccc1. The summed E-state index contributed by atoms with van der Waals surface area (Å²) in [5, 5.41) is 17.9.